The second kappa shape index (κ2) is 6.80. The summed E-state index contributed by atoms with van der Waals surface area (Å²) < 4.78 is 6.52. The van der Waals surface area contributed by atoms with Gasteiger partial charge in [-0.15, -0.1) is 0 Å². The van der Waals surface area contributed by atoms with Gasteiger partial charge >= 0.3 is 0 Å². The lowest BCUT2D eigenvalue weighted by Crippen LogP contribution is -2.31. The summed E-state index contributed by atoms with van der Waals surface area (Å²) in [5.41, 5.74) is 2.92. The number of furan rings is 1. The number of nitrogens with one attached hydrogen (secondary N) is 1. The summed E-state index contributed by atoms with van der Waals surface area (Å²) in [6.45, 7) is 5.71. The van der Waals surface area contributed by atoms with Crippen LogP contribution in [-0.2, 0) is 6.54 Å². The molecule has 3 aromatic heterocycles. The Morgan fingerprint density at radius 3 is 2.57 bits per heavy atom. The molecule has 0 saturated carbocycles. The van der Waals surface area contributed by atoms with Gasteiger partial charge in [0, 0.05) is 11.3 Å². The predicted molar refractivity (Wildman–Crippen MR) is 103 cm³/mol. The molecule has 0 spiro atoms. The number of aromatic nitrogens is 4. The molecule has 0 radical (unpaired) electrons. The number of aromatic amines is 1. The summed E-state index contributed by atoms with van der Waals surface area (Å²) in [7, 11) is 0. The van der Waals surface area contributed by atoms with Crippen LogP contribution in [0.5, 0.6) is 0 Å². The number of hydrogen-bond donors (Lipinski definition) is 1. The van der Waals surface area contributed by atoms with Crippen molar-refractivity contribution in [3.05, 3.63) is 81.2 Å². The molecule has 4 aromatic rings. The Labute approximate surface area is 160 Å². The van der Waals surface area contributed by atoms with Crippen molar-refractivity contribution in [3.63, 3.8) is 0 Å². The summed E-state index contributed by atoms with van der Waals surface area (Å²) >= 11 is 0. The summed E-state index contributed by atoms with van der Waals surface area (Å²) in [6, 6.07) is 11.1. The SMILES string of the molecule is Cc1ccc(CN(C(=O)c2ccco2)c2nc3nc(C)c(C)c(=O)n3[nH]2)cc1. The Kier molecular flexibility index (Phi) is 4.31. The molecule has 1 aromatic carbocycles. The molecule has 0 aliphatic heterocycles. The Bertz CT molecular complexity index is 1200. The summed E-state index contributed by atoms with van der Waals surface area (Å²) in [6.07, 6.45) is 1.44. The molecule has 0 fully saturated rings. The van der Waals surface area contributed by atoms with E-state index in [1.807, 2.05) is 31.2 Å². The molecule has 8 heteroatoms. The Morgan fingerprint density at radius 1 is 1.14 bits per heavy atom. The van der Waals surface area contributed by atoms with Gasteiger partial charge < -0.3 is 4.42 Å². The van der Waals surface area contributed by atoms with Crippen LogP contribution in [0.4, 0.5) is 5.95 Å². The van der Waals surface area contributed by atoms with E-state index >= 15 is 0 Å². The predicted octanol–water partition coefficient (Wildman–Crippen LogP) is 2.78. The number of carbonyl (C=O) groups excluding carboxylic acids is 1. The van der Waals surface area contributed by atoms with Crippen LogP contribution in [0.2, 0.25) is 0 Å². The third-order valence-corrected chi connectivity index (χ3v) is 4.65. The van der Waals surface area contributed by atoms with Crippen molar-refractivity contribution in [1.29, 1.82) is 0 Å². The number of carbonyl (C=O) groups is 1. The number of fused-ring (bicyclic) bond motifs is 1. The zero-order chi connectivity index (χ0) is 19.8. The van der Waals surface area contributed by atoms with Crippen LogP contribution >= 0.6 is 0 Å². The molecule has 0 aliphatic rings. The van der Waals surface area contributed by atoms with Crippen LogP contribution in [0.25, 0.3) is 5.78 Å². The number of aryl methyl sites for hydroxylation is 2. The van der Waals surface area contributed by atoms with Crippen molar-refractivity contribution in [2.45, 2.75) is 27.3 Å². The zero-order valence-corrected chi connectivity index (χ0v) is 15.8. The number of benzene rings is 1. The van der Waals surface area contributed by atoms with Crippen molar-refractivity contribution >= 4 is 17.6 Å². The van der Waals surface area contributed by atoms with E-state index < -0.39 is 0 Å². The van der Waals surface area contributed by atoms with E-state index in [-0.39, 0.29) is 35.5 Å². The first-order valence-corrected chi connectivity index (χ1v) is 8.81. The molecule has 4 rings (SSSR count). The van der Waals surface area contributed by atoms with Crippen molar-refractivity contribution in [2.24, 2.45) is 0 Å². The minimum absolute atomic E-state index is 0.181. The normalized spacial score (nSPS) is 11.1. The molecule has 0 unspecified atom stereocenters. The van der Waals surface area contributed by atoms with E-state index in [4.69, 9.17) is 4.42 Å². The minimum Gasteiger partial charge on any atom is -0.459 e. The lowest BCUT2D eigenvalue weighted by atomic mass is 10.1. The highest BCUT2D eigenvalue weighted by Crippen LogP contribution is 2.18. The van der Waals surface area contributed by atoms with E-state index in [1.54, 1.807) is 26.0 Å². The molecule has 0 bridgehead atoms. The maximum absolute atomic E-state index is 13.0. The average Bonchev–Trinajstić information content (AvgIpc) is 3.35. The highest BCUT2D eigenvalue weighted by molar-refractivity contribution is 6.03. The Hall–Kier alpha value is -3.68. The topological polar surface area (TPSA) is 96.5 Å². The van der Waals surface area contributed by atoms with Crippen LogP contribution in [0.3, 0.4) is 0 Å². The summed E-state index contributed by atoms with van der Waals surface area (Å²) in [5, 5.41) is 2.90. The molecule has 28 heavy (non-hydrogen) atoms. The number of amides is 1. The minimum atomic E-state index is -0.369. The standard InChI is InChI=1S/C20H19N5O3/c1-12-6-8-15(9-7-12)11-24(18(27)16-5-4-10-28-16)20-22-19-21-14(3)13(2)17(26)25(19)23-20/h4-10H,11H2,1-3H3,(H,21,22,23). The lowest BCUT2D eigenvalue weighted by Gasteiger charge is -2.18. The van der Waals surface area contributed by atoms with Crippen LogP contribution in [0, 0.1) is 20.8 Å². The van der Waals surface area contributed by atoms with Gasteiger partial charge in [-0.05, 0) is 38.5 Å². The van der Waals surface area contributed by atoms with Crippen LogP contribution in [-0.4, -0.2) is 25.5 Å². The largest absolute Gasteiger partial charge is 0.459 e. The number of nitrogens with zero attached hydrogens (tertiary/aromatic N) is 4. The van der Waals surface area contributed by atoms with E-state index in [0.29, 0.717) is 11.3 Å². The van der Waals surface area contributed by atoms with E-state index in [2.05, 4.69) is 15.1 Å². The lowest BCUT2D eigenvalue weighted by molar-refractivity contribution is 0.0956. The number of hydrogen-bond acceptors (Lipinski definition) is 5. The first-order valence-electron chi connectivity index (χ1n) is 8.81. The smallest absolute Gasteiger partial charge is 0.296 e. The van der Waals surface area contributed by atoms with Gasteiger partial charge in [-0.3, -0.25) is 19.6 Å². The van der Waals surface area contributed by atoms with Crippen LogP contribution in [0.15, 0.2) is 51.9 Å². The molecular formula is C20H19N5O3. The molecule has 0 saturated heterocycles. The Morgan fingerprint density at radius 2 is 1.89 bits per heavy atom. The number of H-pyrrole nitrogens is 1. The van der Waals surface area contributed by atoms with Gasteiger partial charge in [0.25, 0.3) is 17.2 Å². The molecular weight excluding hydrogens is 358 g/mol. The second-order valence-electron chi connectivity index (χ2n) is 6.66. The van der Waals surface area contributed by atoms with E-state index in [1.165, 1.54) is 15.7 Å². The van der Waals surface area contributed by atoms with Crippen LogP contribution in [0.1, 0.15) is 32.9 Å². The molecule has 1 N–H and O–H groups in total. The summed E-state index contributed by atoms with van der Waals surface area (Å²) in [4.78, 5) is 35.7. The van der Waals surface area contributed by atoms with Gasteiger partial charge in [0.2, 0.25) is 5.95 Å². The molecule has 1 amide bonds. The van der Waals surface area contributed by atoms with E-state index in [9.17, 15) is 9.59 Å². The van der Waals surface area contributed by atoms with Gasteiger partial charge in [0.1, 0.15) is 0 Å². The van der Waals surface area contributed by atoms with Gasteiger partial charge in [0.05, 0.1) is 12.8 Å². The summed E-state index contributed by atoms with van der Waals surface area (Å²) in [5.74, 6) is 0.243. The maximum Gasteiger partial charge on any atom is 0.296 e. The Balaban J connectivity index is 1.81. The van der Waals surface area contributed by atoms with Crippen LogP contribution < -0.4 is 10.5 Å². The van der Waals surface area contributed by atoms with Gasteiger partial charge in [-0.25, -0.2) is 4.98 Å². The number of anilines is 1. The van der Waals surface area contributed by atoms with Gasteiger partial charge in [0.15, 0.2) is 5.76 Å². The average molecular weight is 377 g/mol. The molecule has 142 valence electrons. The third kappa shape index (κ3) is 3.09. The van der Waals surface area contributed by atoms with Crippen molar-refractivity contribution in [1.82, 2.24) is 19.6 Å². The zero-order valence-electron chi connectivity index (χ0n) is 15.8. The van der Waals surface area contributed by atoms with Crippen molar-refractivity contribution < 1.29 is 9.21 Å². The fourth-order valence-corrected chi connectivity index (χ4v) is 2.87. The second-order valence-corrected chi connectivity index (χ2v) is 6.66. The van der Waals surface area contributed by atoms with Gasteiger partial charge in [-0.2, -0.15) is 9.50 Å². The fraction of sp³-hybridized carbons (Fsp3) is 0.200. The first-order chi connectivity index (χ1) is 13.4. The molecule has 8 nitrogen and oxygen atoms in total. The van der Waals surface area contributed by atoms with Crippen molar-refractivity contribution in [3.8, 4) is 0 Å². The maximum atomic E-state index is 13.0. The molecule has 0 atom stereocenters. The van der Waals surface area contributed by atoms with Gasteiger partial charge in [-0.1, -0.05) is 29.8 Å². The van der Waals surface area contributed by atoms with Crippen molar-refractivity contribution in [2.75, 3.05) is 4.90 Å². The number of rotatable bonds is 4. The highest BCUT2D eigenvalue weighted by Gasteiger charge is 2.24. The quantitative estimate of drug-likeness (QED) is 0.590. The monoisotopic (exact) mass is 377 g/mol. The fourth-order valence-electron chi connectivity index (χ4n) is 2.87. The first kappa shape index (κ1) is 17.7. The third-order valence-electron chi connectivity index (χ3n) is 4.65. The molecule has 0 aliphatic carbocycles. The highest BCUT2D eigenvalue weighted by atomic mass is 16.3. The molecule has 3 heterocycles. The van der Waals surface area contributed by atoms with E-state index in [0.717, 1.165) is 11.1 Å².